The average molecular weight is 263 g/mol. The Labute approximate surface area is 114 Å². The molecule has 19 heavy (non-hydrogen) atoms. The fourth-order valence-electron chi connectivity index (χ4n) is 1.94. The van der Waals surface area contributed by atoms with Gasteiger partial charge in [-0.05, 0) is 24.1 Å². The molecule has 0 fully saturated rings. The van der Waals surface area contributed by atoms with Crippen molar-refractivity contribution in [2.24, 2.45) is 0 Å². The van der Waals surface area contributed by atoms with Crippen molar-refractivity contribution in [3.8, 4) is 11.5 Å². The zero-order chi connectivity index (χ0) is 13.5. The molecule has 1 N–H and O–H groups in total. The average Bonchev–Trinajstić information content (AvgIpc) is 2.67. The Morgan fingerprint density at radius 2 is 2.05 bits per heavy atom. The normalized spacial score (nSPS) is 13.7. The maximum absolute atomic E-state index is 11.6. The van der Waals surface area contributed by atoms with Gasteiger partial charge in [-0.1, -0.05) is 19.4 Å². The van der Waals surface area contributed by atoms with Crippen molar-refractivity contribution < 1.29 is 14.3 Å². The molecule has 0 spiro atoms. The van der Waals surface area contributed by atoms with Crippen LogP contribution in [0.3, 0.4) is 0 Å². The van der Waals surface area contributed by atoms with Gasteiger partial charge < -0.3 is 14.8 Å². The quantitative estimate of drug-likeness (QED) is 0.888. The molecule has 0 atom stereocenters. The van der Waals surface area contributed by atoms with Crippen molar-refractivity contribution in [2.75, 3.05) is 13.2 Å². The van der Waals surface area contributed by atoms with Crippen LogP contribution in [0.1, 0.15) is 38.2 Å². The lowest BCUT2D eigenvalue weighted by molar-refractivity contribution is -0.121. The van der Waals surface area contributed by atoms with Gasteiger partial charge in [-0.25, -0.2) is 0 Å². The lowest BCUT2D eigenvalue weighted by Crippen LogP contribution is -2.22. The lowest BCUT2D eigenvalue weighted by Gasteiger charge is -2.10. The van der Waals surface area contributed by atoms with Gasteiger partial charge >= 0.3 is 0 Å². The highest BCUT2D eigenvalue weighted by Crippen LogP contribution is 2.30. The third-order valence-corrected chi connectivity index (χ3v) is 3.06. The van der Waals surface area contributed by atoms with E-state index in [-0.39, 0.29) is 5.91 Å². The number of hydrogen-bond donors (Lipinski definition) is 1. The van der Waals surface area contributed by atoms with Crippen molar-refractivity contribution in [3.05, 3.63) is 23.8 Å². The summed E-state index contributed by atoms with van der Waals surface area (Å²) in [5, 5.41) is 2.92. The van der Waals surface area contributed by atoms with Gasteiger partial charge in [0.1, 0.15) is 0 Å². The van der Waals surface area contributed by atoms with Gasteiger partial charge in [0.15, 0.2) is 11.5 Å². The molecular formula is C15H21NO3. The molecule has 1 amide bonds. The van der Waals surface area contributed by atoms with Crippen LogP contribution in [0.2, 0.25) is 0 Å². The minimum absolute atomic E-state index is 0.106. The number of ether oxygens (including phenoxy) is 2. The van der Waals surface area contributed by atoms with E-state index in [2.05, 4.69) is 12.2 Å². The van der Waals surface area contributed by atoms with Crippen LogP contribution in [0, 0.1) is 0 Å². The first kappa shape index (κ1) is 13.7. The van der Waals surface area contributed by atoms with Gasteiger partial charge in [-0.3, -0.25) is 4.79 Å². The van der Waals surface area contributed by atoms with Crippen LogP contribution >= 0.6 is 0 Å². The Balaban J connectivity index is 1.90. The molecular weight excluding hydrogens is 242 g/mol. The predicted molar refractivity (Wildman–Crippen MR) is 73.4 cm³/mol. The Bertz CT molecular complexity index is 431. The van der Waals surface area contributed by atoms with Crippen LogP contribution in [0.4, 0.5) is 0 Å². The molecule has 0 aliphatic carbocycles. The van der Waals surface area contributed by atoms with Crippen molar-refractivity contribution in [1.82, 2.24) is 5.32 Å². The molecule has 2 rings (SSSR count). The Morgan fingerprint density at radius 3 is 2.84 bits per heavy atom. The molecule has 0 bridgehead atoms. The summed E-state index contributed by atoms with van der Waals surface area (Å²) in [4.78, 5) is 11.6. The predicted octanol–water partition coefficient (Wildman–Crippen LogP) is 2.65. The van der Waals surface area contributed by atoms with Gasteiger partial charge in [0.05, 0.1) is 13.2 Å². The largest absolute Gasteiger partial charge is 0.490 e. The van der Waals surface area contributed by atoms with E-state index in [1.807, 2.05) is 18.2 Å². The van der Waals surface area contributed by atoms with Crippen molar-refractivity contribution in [2.45, 2.75) is 39.2 Å². The molecule has 1 aromatic carbocycles. The van der Waals surface area contributed by atoms with E-state index in [1.165, 1.54) is 0 Å². The molecule has 4 nitrogen and oxygen atoms in total. The summed E-state index contributed by atoms with van der Waals surface area (Å²) < 4.78 is 11.2. The van der Waals surface area contributed by atoms with E-state index in [1.54, 1.807) is 0 Å². The number of fused-ring (bicyclic) bond motifs is 1. The number of hydrogen-bond acceptors (Lipinski definition) is 3. The second-order valence-corrected chi connectivity index (χ2v) is 4.71. The Morgan fingerprint density at radius 1 is 1.26 bits per heavy atom. The summed E-state index contributed by atoms with van der Waals surface area (Å²) in [7, 11) is 0. The third-order valence-electron chi connectivity index (χ3n) is 3.06. The summed E-state index contributed by atoms with van der Waals surface area (Å²) in [5.74, 6) is 1.67. The summed E-state index contributed by atoms with van der Waals surface area (Å²) in [5.41, 5.74) is 1.04. The number of nitrogens with one attached hydrogen (secondary N) is 1. The monoisotopic (exact) mass is 263 g/mol. The fourth-order valence-corrected chi connectivity index (χ4v) is 1.94. The maximum Gasteiger partial charge on any atom is 0.220 e. The minimum Gasteiger partial charge on any atom is -0.490 e. The first-order valence-corrected chi connectivity index (χ1v) is 6.95. The second-order valence-electron chi connectivity index (χ2n) is 4.71. The zero-order valence-electron chi connectivity index (χ0n) is 11.4. The number of amides is 1. The molecule has 0 unspecified atom stereocenters. The van der Waals surface area contributed by atoms with Gasteiger partial charge in [0.2, 0.25) is 5.91 Å². The molecule has 4 heteroatoms. The lowest BCUT2D eigenvalue weighted by atomic mass is 10.2. The molecule has 0 saturated carbocycles. The van der Waals surface area contributed by atoms with Gasteiger partial charge in [0, 0.05) is 19.4 Å². The molecule has 0 saturated heterocycles. The van der Waals surface area contributed by atoms with Gasteiger partial charge in [-0.2, -0.15) is 0 Å². The van der Waals surface area contributed by atoms with Crippen LogP contribution in [0.15, 0.2) is 18.2 Å². The Hall–Kier alpha value is -1.71. The van der Waals surface area contributed by atoms with Crippen molar-refractivity contribution in [3.63, 3.8) is 0 Å². The van der Waals surface area contributed by atoms with Crippen LogP contribution in [-0.4, -0.2) is 19.1 Å². The first-order chi connectivity index (χ1) is 9.29. The van der Waals surface area contributed by atoms with Gasteiger partial charge in [-0.15, -0.1) is 0 Å². The van der Waals surface area contributed by atoms with E-state index >= 15 is 0 Å². The maximum atomic E-state index is 11.6. The summed E-state index contributed by atoms with van der Waals surface area (Å²) in [6.45, 7) is 4.00. The highest BCUT2D eigenvalue weighted by Gasteiger charge is 2.10. The van der Waals surface area contributed by atoms with Crippen LogP contribution in [-0.2, 0) is 11.3 Å². The molecule has 0 radical (unpaired) electrons. The zero-order valence-corrected chi connectivity index (χ0v) is 11.4. The Kier molecular flexibility index (Phi) is 5.07. The SMILES string of the molecule is CCCCC(=O)NCc1ccc2c(c1)OCCCO2. The summed E-state index contributed by atoms with van der Waals surface area (Å²) in [6.07, 6.45) is 3.48. The minimum atomic E-state index is 0.106. The first-order valence-electron chi connectivity index (χ1n) is 6.95. The molecule has 0 aromatic heterocycles. The number of rotatable bonds is 5. The number of carbonyl (C=O) groups excluding carboxylic acids is 1. The molecule has 1 heterocycles. The van der Waals surface area contributed by atoms with Crippen LogP contribution in [0.5, 0.6) is 11.5 Å². The van der Waals surface area contributed by atoms with Crippen molar-refractivity contribution >= 4 is 5.91 Å². The van der Waals surface area contributed by atoms with Gasteiger partial charge in [0.25, 0.3) is 0 Å². The molecule has 1 aliphatic rings. The van der Waals surface area contributed by atoms with E-state index in [9.17, 15) is 4.79 Å². The van der Waals surface area contributed by atoms with E-state index in [4.69, 9.17) is 9.47 Å². The summed E-state index contributed by atoms with van der Waals surface area (Å²) in [6, 6.07) is 5.82. The smallest absolute Gasteiger partial charge is 0.220 e. The number of carbonyl (C=O) groups is 1. The summed E-state index contributed by atoms with van der Waals surface area (Å²) >= 11 is 0. The van der Waals surface area contributed by atoms with E-state index in [0.717, 1.165) is 36.3 Å². The van der Waals surface area contributed by atoms with Crippen LogP contribution < -0.4 is 14.8 Å². The highest BCUT2D eigenvalue weighted by atomic mass is 16.5. The fraction of sp³-hybridized carbons (Fsp3) is 0.533. The third kappa shape index (κ3) is 4.16. The standard InChI is InChI=1S/C15H21NO3/c1-2-3-5-15(17)16-11-12-6-7-13-14(10-12)19-9-4-8-18-13/h6-7,10H,2-5,8-9,11H2,1H3,(H,16,17). The molecule has 1 aliphatic heterocycles. The highest BCUT2D eigenvalue weighted by molar-refractivity contribution is 5.75. The molecule has 104 valence electrons. The van der Waals surface area contributed by atoms with E-state index < -0.39 is 0 Å². The topological polar surface area (TPSA) is 47.6 Å². The van der Waals surface area contributed by atoms with E-state index in [0.29, 0.717) is 26.2 Å². The second kappa shape index (κ2) is 7.02. The number of unbranched alkanes of at least 4 members (excludes halogenated alkanes) is 1. The van der Waals surface area contributed by atoms with Crippen LogP contribution in [0.25, 0.3) is 0 Å². The van der Waals surface area contributed by atoms with Crippen molar-refractivity contribution in [1.29, 1.82) is 0 Å². The molecule has 1 aromatic rings. The number of benzene rings is 1.